The maximum Gasteiger partial charge on any atom is 0.243 e. The normalized spacial score (nSPS) is 18.6. The minimum atomic E-state index is -3.66. The summed E-state index contributed by atoms with van der Waals surface area (Å²) >= 11 is 0. The Hall–Kier alpha value is -1.15. The molecule has 1 aliphatic heterocycles. The van der Waals surface area contributed by atoms with Crippen molar-refractivity contribution in [1.29, 1.82) is 0 Å². The molecule has 3 N–H and O–H groups in total. The molecule has 0 spiro atoms. The number of sulfonamides is 1. The summed E-state index contributed by atoms with van der Waals surface area (Å²) in [6.07, 6.45) is 2.72. The van der Waals surface area contributed by atoms with Gasteiger partial charge in [-0.2, -0.15) is 4.31 Å². The standard InChI is InChI=1S/C17H27N3O3S.ClH/c1-3-17(18,4-2)13-19-16(21)15-11-8-12-20(15)24(22,23)14-9-6-5-7-10-14;/h5-7,9-10,15H,3-4,8,11-13,18H2,1-2H3,(H,19,21);1H. The lowest BCUT2D eigenvalue weighted by Gasteiger charge is -2.29. The summed E-state index contributed by atoms with van der Waals surface area (Å²) in [5, 5.41) is 2.85. The molecule has 1 unspecified atom stereocenters. The van der Waals surface area contributed by atoms with E-state index in [1.165, 1.54) is 4.31 Å². The van der Waals surface area contributed by atoms with E-state index in [4.69, 9.17) is 5.73 Å². The van der Waals surface area contributed by atoms with Gasteiger partial charge in [0.1, 0.15) is 6.04 Å². The summed E-state index contributed by atoms with van der Waals surface area (Å²) in [7, 11) is -3.66. The highest BCUT2D eigenvalue weighted by Crippen LogP contribution is 2.26. The van der Waals surface area contributed by atoms with Crippen molar-refractivity contribution in [1.82, 2.24) is 9.62 Å². The van der Waals surface area contributed by atoms with Crippen LogP contribution in [0.5, 0.6) is 0 Å². The highest BCUT2D eigenvalue weighted by molar-refractivity contribution is 7.89. The van der Waals surface area contributed by atoms with Crippen LogP contribution in [0.2, 0.25) is 0 Å². The van der Waals surface area contributed by atoms with Crippen molar-refractivity contribution in [2.24, 2.45) is 5.73 Å². The molecule has 1 saturated heterocycles. The van der Waals surface area contributed by atoms with Gasteiger partial charge in [-0.1, -0.05) is 32.0 Å². The Bertz CT molecular complexity index is 663. The molecule has 1 aromatic rings. The van der Waals surface area contributed by atoms with Gasteiger partial charge >= 0.3 is 0 Å². The van der Waals surface area contributed by atoms with Crippen molar-refractivity contribution in [3.63, 3.8) is 0 Å². The lowest BCUT2D eigenvalue weighted by atomic mass is 9.94. The first-order valence-corrected chi connectivity index (χ1v) is 9.91. The van der Waals surface area contributed by atoms with Gasteiger partial charge in [-0.3, -0.25) is 4.79 Å². The number of nitrogens with two attached hydrogens (primary N) is 1. The molecule has 25 heavy (non-hydrogen) atoms. The van der Waals surface area contributed by atoms with Crippen LogP contribution in [-0.4, -0.2) is 43.3 Å². The third-order valence-electron chi connectivity index (χ3n) is 4.88. The molecule has 0 aromatic heterocycles. The van der Waals surface area contributed by atoms with E-state index in [1.807, 2.05) is 13.8 Å². The topological polar surface area (TPSA) is 92.5 Å². The van der Waals surface area contributed by atoms with Gasteiger partial charge in [0.25, 0.3) is 0 Å². The van der Waals surface area contributed by atoms with Gasteiger partial charge in [-0.05, 0) is 37.8 Å². The molecule has 142 valence electrons. The van der Waals surface area contributed by atoms with Gasteiger partial charge in [-0.25, -0.2) is 8.42 Å². The van der Waals surface area contributed by atoms with Crippen molar-refractivity contribution in [3.05, 3.63) is 30.3 Å². The van der Waals surface area contributed by atoms with E-state index >= 15 is 0 Å². The molecule has 1 heterocycles. The Balaban J connectivity index is 0.00000312. The van der Waals surface area contributed by atoms with Gasteiger partial charge in [0.15, 0.2) is 0 Å². The van der Waals surface area contributed by atoms with E-state index < -0.39 is 21.6 Å². The maximum absolute atomic E-state index is 12.8. The van der Waals surface area contributed by atoms with Crippen molar-refractivity contribution < 1.29 is 13.2 Å². The second-order valence-electron chi connectivity index (χ2n) is 6.37. The summed E-state index contributed by atoms with van der Waals surface area (Å²) in [6, 6.07) is 7.59. The van der Waals surface area contributed by atoms with Crippen LogP contribution >= 0.6 is 12.4 Å². The summed E-state index contributed by atoms with van der Waals surface area (Å²) < 4.78 is 26.9. The van der Waals surface area contributed by atoms with Crippen LogP contribution in [0.1, 0.15) is 39.5 Å². The molecule has 0 radical (unpaired) electrons. The van der Waals surface area contributed by atoms with E-state index in [9.17, 15) is 13.2 Å². The Kier molecular flexibility index (Phi) is 7.87. The molecular formula is C17H28ClN3O3S. The monoisotopic (exact) mass is 389 g/mol. The predicted octanol–water partition coefficient (Wildman–Crippen LogP) is 1.90. The Morgan fingerprint density at radius 3 is 2.44 bits per heavy atom. The number of hydrogen-bond acceptors (Lipinski definition) is 4. The number of carbonyl (C=O) groups excluding carboxylic acids is 1. The molecule has 0 bridgehead atoms. The van der Waals surface area contributed by atoms with Crippen LogP contribution < -0.4 is 11.1 Å². The second kappa shape index (κ2) is 8.98. The van der Waals surface area contributed by atoms with Gasteiger partial charge in [-0.15, -0.1) is 12.4 Å². The van der Waals surface area contributed by atoms with E-state index in [1.54, 1.807) is 30.3 Å². The molecular weight excluding hydrogens is 362 g/mol. The first-order chi connectivity index (χ1) is 11.3. The van der Waals surface area contributed by atoms with Crippen LogP contribution in [-0.2, 0) is 14.8 Å². The molecule has 2 rings (SSSR count). The number of nitrogens with zero attached hydrogens (tertiary/aromatic N) is 1. The van der Waals surface area contributed by atoms with Gasteiger partial charge in [0, 0.05) is 18.6 Å². The van der Waals surface area contributed by atoms with Crippen molar-refractivity contribution in [3.8, 4) is 0 Å². The van der Waals surface area contributed by atoms with E-state index in [0.717, 1.165) is 12.8 Å². The SMILES string of the molecule is CCC(N)(CC)CNC(=O)C1CCCN1S(=O)(=O)c1ccccc1.Cl. The smallest absolute Gasteiger partial charge is 0.243 e. The number of halogens is 1. The minimum Gasteiger partial charge on any atom is -0.353 e. The first kappa shape index (κ1) is 21.9. The number of hydrogen-bond donors (Lipinski definition) is 2. The number of carbonyl (C=O) groups is 1. The highest BCUT2D eigenvalue weighted by atomic mass is 35.5. The maximum atomic E-state index is 12.8. The number of rotatable bonds is 7. The summed E-state index contributed by atoms with van der Waals surface area (Å²) in [5.74, 6) is -0.260. The zero-order valence-electron chi connectivity index (χ0n) is 14.8. The Morgan fingerprint density at radius 2 is 1.88 bits per heavy atom. The van der Waals surface area contributed by atoms with Crippen LogP contribution in [0.25, 0.3) is 0 Å². The molecule has 0 saturated carbocycles. The fourth-order valence-corrected chi connectivity index (χ4v) is 4.58. The van der Waals surface area contributed by atoms with Gasteiger partial charge < -0.3 is 11.1 Å². The van der Waals surface area contributed by atoms with Gasteiger partial charge in [0.05, 0.1) is 4.90 Å². The van der Waals surface area contributed by atoms with Crippen molar-refractivity contribution >= 4 is 28.3 Å². The van der Waals surface area contributed by atoms with Crippen LogP contribution in [0.3, 0.4) is 0 Å². The molecule has 6 nitrogen and oxygen atoms in total. The van der Waals surface area contributed by atoms with Gasteiger partial charge in [0.2, 0.25) is 15.9 Å². The molecule has 1 atom stereocenters. The number of amides is 1. The molecule has 1 amide bonds. The van der Waals surface area contributed by atoms with Crippen molar-refractivity contribution in [2.75, 3.05) is 13.1 Å². The molecule has 1 fully saturated rings. The third kappa shape index (κ3) is 4.94. The molecule has 1 aliphatic rings. The average molecular weight is 390 g/mol. The van der Waals surface area contributed by atoms with Crippen LogP contribution in [0.15, 0.2) is 35.2 Å². The number of benzene rings is 1. The summed E-state index contributed by atoms with van der Waals surface area (Å²) in [5.41, 5.74) is 5.76. The average Bonchev–Trinajstić information content (AvgIpc) is 3.11. The second-order valence-corrected chi connectivity index (χ2v) is 8.26. The zero-order chi connectivity index (χ0) is 17.8. The van der Waals surface area contributed by atoms with E-state index in [2.05, 4.69) is 5.32 Å². The minimum absolute atomic E-state index is 0. The summed E-state index contributed by atoms with van der Waals surface area (Å²) in [4.78, 5) is 12.8. The largest absolute Gasteiger partial charge is 0.353 e. The number of nitrogens with one attached hydrogen (secondary N) is 1. The van der Waals surface area contributed by atoms with Crippen LogP contribution in [0.4, 0.5) is 0 Å². The zero-order valence-corrected chi connectivity index (χ0v) is 16.4. The Labute approximate surface area is 156 Å². The fraction of sp³-hybridized carbons (Fsp3) is 0.588. The molecule has 1 aromatic carbocycles. The lowest BCUT2D eigenvalue weighted by molar-refractivity contribution is -0.124. The molecule has 0 aliphatic carbocycles. The van der Waals surface area contributed by atoms with Crippen molar-refractivity contribution in [2.45, 2.75) is 56.0 Å². The lowest BCUT2D eigenvalue weighted by Crippen LogP contribution is -2.53. The highest BCUT2D eigenvalue weighted by Gasteiger charge is 2.39. The molecule has 8 heteroatoms. The first-order valence-electron chi connectivity index (χ1n) is 8.47. The van der Waals surface area contributed by atoms with E-state index in [0.29, 0.717) is 25.9 Å². The predicted molar refractivity (Wildman–Crippen MR) is 101 cm³/mol. The van der Waals surface area contributed by atoms with E-state index in [-0.39, 0.29) is 23.2 Å². The third-order valence-corrected chi connectivity index (χ3v) is 6.80. The Morgan fingerprint density at radius 1 is 1.28 bits per heavy atom. The van der Waals surface area contributed by atoms with Crippen LogP contribution in [0, 0.1) is 0 Å². The fourth-order valence-electron chi connectivity index (χ4n) is 2.90. The summed E-state index contributed by atoms with van der Waals surface area (Å²) in [6.45, 7) is 4.69. The quantitative estimate of drug-likeness (QED) is 0.744.